The second kappa shape index (κ2) is 4.67. The molecule has 2 unspecified atom stereocenters. The fraction of sp³-hybridized carbons (Fsp3) is 0.786. The molecule has 4 heteroatoms. The summed E-state index contributed by atoms with van der Waals surface area (Å²) >= 11 is 0. The van der Waals surface area contributed by atoms with E-state index in [0.717, 1.165) is 17.4 Å². The van der Waals surface area contributed by atoms with Crippen LogP contribution in [0.5, 0.6) is 0 Å². The zero-order chi connectivity index (χ0) is 12.7. The van der Waals surface area contributed by atoms with Crippen molar-refractivity contribution in [2.24, 2.45) is 5.92 Å². The lowest BCUT2D eigenvalue weighted by molar-refractivity contribution is 0.0679. The smallest absolute Gasteiger partial charge is 0.138 e. The van der Waals surface area contributed by atoms with Crippen molar-refractivity contribution in [3.8, 4) is 0 Å². The normalized spacial score (nSPS) is 32.7. The average molecular weight is 249 g/mol. The van der Waals surface area contributed by atoms with Gasteiger partial charge in [0.05, 0.1) is 5.69 Å². The third-order valence-corrected chi connectivity index (χ3v) is 4.64. The lowest BCUT2D eigenvalue weighted by atomic mass is 9.83. The van der Waals surface area contributed by atoms with Crippen LogP contribution in [0.1, 0.15) is 42.8 Å². The SMILES string of the molecule is Cc1noc(C)c1C(C)NC1CN2CCC1CC2. The molecule has 3 saturated heterocycles. The van der Waals surface area contributed by atoms with Gasteiger partial charge in [-0.15, -0.1) is 0 Å². The number of piperidine rings is 3. The van der Waals surface area contributed by atoms with Gasteiger partial charge >= 0.3 is 0 Å². The number of aromatic nitrogens is 1. The maximum absolute atomic E-state index is 5.27. The third-order valence-electron chi connectivity index (χ3n) is 4.64. The number of aryl methyl sites for hydroxylation is 2. The summed E-state index contributed by atoms with van der Waals surface area (Å²) in [6.45, 7) is 10.1. The highest BCUT2D eigenvalue weighted by Gasteiger charge is 2.35. The number of nitrogens with one attached hydrogen (secondary N) is 1. The van der Waals surface area contributed by atoms with Crippen LogP contribution in [-0.2, 0) is 0 Å². The molecule has 4 heterocycles. The van der Waals surface area contributed by atoms with Gasteiger partial charge in [-0.1, -0.05) is 5.16 Å². The Morgan fingerprint density at radius 1 is 1.33 bits per heavy atom. The van der Waals surface area contributed by atoms with E-state index in [-0.39, 0.29) is 0 Å². The second-order valence-electron chi connectivity index (χ2n) is 5.87. The molecule has 100 valence electrons. The molecular weight excluding hydrogens is 226 g/mol. The van der Waals surface area contributed by atoms with Gasteiger partial charge in [-0.3, -0.25) is 0 Å². The molecule has 1 aromatic heterocycles. The Balaban J connectivity index is 1.69. The first-order valence-corrected chi connectivity index (χ1v) is 7.06. The largest absolute Gasteiger partial charge is 0.361 e. The van der Waals surface area contributed by atoms with Gasteiger partial charge in [0.25, 0.3) is 0 Å². The van der Waals surface area contributed by atoms with Crippen LogP contribution in [0.25, 0.3) is 0 Å². The van der Waals surface area contributed by atoms with E-state index >= 15 is 0 Å². The van der Waals surface area contributed by atoms with E-state index < -0.39 is 0 Å². The van der Waals surface area contributed by atoms with Crippen molar-refractivity contribution in [2.75, 3.05) is 19.6 Å². The molecule has 3 fully saturated rings. The van der Waals surface area contributed by atoms with Crippen molar-refractivity contribution in [3.05, 3.63) is 17.0 Å². The van der Waals surface area contributed by atoms with Crippen molar-refractivity contribution in [3.63, 3.8) is 0 Å². The van der Waals surface area contributed by atoms with Crippen LogP contribution in [-0.4, -0.2) is 35.7 Å². The van der Waals surface area contributed by atoms with Crippen molar-refractivity contribution < 1.29 is 4.52 Å². The van der Waals surface area contributed by atoms with E-state index in [1.807, 2.05) is 13.8 Å². The number of hydrogen-bond donors (Lipinski definition) is 1. The first-order chi connectivity index (χ1) is 8.65. The van der Waals surface area contributed by atoms with Crippen LogP contribution in [0.4, 0.5) is 0 Å². The molecule has 4 nitrogen and oxygen atoms in total. The van der Waals surface area contributed by atoms with Crippen LogP contribution in [0.3, 0.4) is 0 Å². The van der Waals surface area contributed by atoms with E-state index in [9.17, 15) is 0 Å². The van der Waals surface area contributed by atoms with Gasteiger partial charge in [0.1, 0.15) is 5.76 Å². The Bertz CT molecular complexity index is 401. The number of hydrogen-bond acceptors (Lipinski definition) is 4. The molecule has 2 bridgehead atoms. The van der Waals surface area contributed by atoms with Crippen LogP contribution < -0.4 is 5.32 Å². The molecule has 3 aliphatic rings. The zero-order valence-corrected chi connectivity index (χ0v) is 11.6. The summed E-state index contributed by atoms with van der Waals surface area (Å²) in [5.74, 6) is 1.81. The zero-order valence-electron chi connectivity index (χ0n) is 11.6. The van der Waals surface area contributed by atoms with Gasteiger partial charge in [0, 0.05) is 24.2 Å². The topological polar surface area (TPSA) is 41.3 Å². The van der Waals surface area contributed by atoms with E-state index in [0.29, 0.717) is 12.1 Å². The predicted molar refractivity (Wildman–Crippen MR) is 70.5 cm³/mol. The second-order valence-corrected chi connectivity index (χ2v) is 5.87. The molecule has 18 heavy (non-hydrogen) atoms. The molecule has 1 N–H and O–H groups in total. The van der Waals surface area contributed by atoms with Crippen molar-refractivity contribution in [2.45, 2.75) is 45.7 Å². The lowest BCUT2D eigenvalue weighted by Crippen LogP contribution is -2.56. The molecule has 1 aromatic rings. The molecule has 2 atom stereocenters. The monoisotopic (exact) mass is 249 g/mol. The van der Waals surface area contributed by atoms with Crippen molar-refractivity contribution in [1.82, 2.24) is 15.4 Å². The third kappa shape index (κ3) is 2.08. The Morgan fingerprint density at radius 3 is 2.56 bits per heavy atom. The molecule has 0 radical (unpaired) electrons. The minimum Gasteiger partial charge on any atom is -0.361 e. The molecule has 4 rings (SSSR count). The molecule has 0 spiro atoms. The minimum atomic E-state index is 0.335. The summed E-state index contributed by atoms with van der Waals surface area (Å²) in [4.78, 5) is 2.58. The van der Waals surface area contributed by atoms with Gasteiger partial charge in [-0.05, 0) is 52.6 Å². The predicted octanol–water partition coefficient (Wildman–Crippen LogP) is 2.04. The van der Waals surface area contributed by atoms with E-state index in [1.165, 1.54) is 38.0 Å². The Labute approximate surface area is 109 Å². The van der Waals surface area contributed by atoms with E-state index in [4.69, 9.17) is 4.52 Å². The Hall–Kier alpha value is -0.870. The maximum atomic E-state index is 5.27. The van der Waals surface area contributed by atoms with Crippen LogP contribution in [0, 0.1) is 19.8 Å². The fourth-order valence-electron chi connectivity index (χ4n) is 3.67. The molecular formula is C14H23N3O. The summed E-state index contributed by atoms with van der Waals surface area (Å²) < 4.78 is 5.27. The van der Waals surface area contributed by atoms with Crippen LogP contribution in [0.2, 0.25) is 0 Å². The molecule has 0 aromatic carbocycles. The summed E-state index contributed by atoms with van der Waals surface area (Å²) in [5.41, 5.74) is 2.26. The Kier molecular flexibility index (Phi) is 3.16. The van der Waals surface area contributed by atoms with Gasteiger partial charge in [0.15, 0.2) is 0 Å². The summed E-state index contributed by atoms with van der Waals surface area (Å²) in [5, 5.41) is 7.85. The molecule has 0 amide bonds. The first kappa shape index (κ1) is 12.2. The highest BCUT2D eigenvalue weighted by molar-refractivity contribution is 5.24. The van der Waals surface area contributed by atoms with Crippen molar-refractivity contribution in [1.29, 1.82) is 0 Å². The summed E-state index contributed by atoms with van der Waals surface area (Å²) in [6, 6.07) is 0.970. The number of rotatable bonds is 3. The Morgan fingerprint density at radius 2 is 2.06 bits per heavy atom. The highest BCUT2D eigenvalue weighted by atomic mass is 16.5. The van der Waals surface area contributed by atoms with Gasteiger partial charge in [-0.2, -0.15) is 0 Å². The molecule has 0 aliphatic carbocycles. The van der Waals surface area contributed by atoms with E-state index in [1.54, 1.807) is 0 Å². The number of nitrogens with zero attached hydrogens (tertiary/aromatic N) is 2. The number of fused-ring (bicyclic) bond motifs is 3. The van der Waals surface area contributed by atoms with Crippen LogP contribution >= 0.6 is 0 Å². The standard InChI is InChI=1S/C14H23N3O/c1-9(14-10(2)16-18-11(14)3)15-13-8-17-6-4-12(13)5-7-17/h9,12-13,15H,4-8H2,1-3H3. The quantitative estimate of drug-likeness (QED) is 0.890. The average Bonchev–Trinajstić information content (AvgIpc) is 2.70. The van der Waals surface area contributed by atoms with Gasteiger partial charge in [0.2, 0.25) is 0 Å². The maximum Gasteiger partial charge on any atom is 0.138 e. The van der Waals surface area contributed by atoms with Crippen molar-refractivity contribution >= 4 is 0 Å². The molecule has 3 aliphatic heterocycles. The van der Waals surface area contributed by atoms with E-state index in [2.05, 4.69) is 22.3 Å². The molecule has 0 saturated carbocycles. The highest BCUT2D eigenvalue weighted by Crippen LogP contribution is 2.30. The van der Waals surface area contributed by atoms with Gasteiger partial charge < -0.3 is 14.7 Å². The summed E-state index contributed by atoms with van der Waals surface area (Å²) in [6.07, 6.45) is 2.71. The van der Waals surface area contributed by atoms with Gasteiger partial charge in [-0.25, -0.2) is 0 Å². The van der Waals surface area contributed by atoms with Crippen LogP contribution in [0.15, 0.2) is 4.52 Å². The first-order valence-electron chi connectivity index (χ1n) is 7.06. The summed E-state index contributed by atoms with van der Waals surface area (Å²) in [7, 11) is 0. The minimum absolute atomic E-state index is 0.335. The fourth-order valence-corrected chi connectivity index (χ4v) is 3.67. The lowest BCUT2D eigenvalue weighted by Gasteiger charge is -2.46.